The van der Waals surface area contributed by atoms with E-state index >= 15 is 0 Å². The van der Waals surface area contributed by atoms with Crippen molar-refractivity contribution in [2.45, 2.75) is 52.6 Å². The summed E-state index contributed by atoms with van der Waals surface area (Å²) in [6, 6.07) is 0.608. The van der Waals surface area contributed by atoms with Crippen LogP contribution in [0, 0.1) is 0 Å². The van der Waals surface area contributed by atoms with Gasteiger partial charge in [0.1, 0.15) is 0 Å². The zero-order valence-corrected chi connectivity index (χ0v) is 14.7. The van der Waals surface area contributed by atoms with Crippen molar-refractivity contribution in [3.05, 3.63) is 10.6 Å². The molecule has 20 heavy (non-hydrogen) atoms. The number of hydrogen-bond donors (Lipinski definition) is 1. The molecule has 1 fully saturated rings. The first-order chi connectivity index (χ1) is 9.63. The standard InChI is InChI=1S/C15H27N3S2/c1-5-6-16-9-13-14(11(2)3)17-15(20-13)18-7-8-19-10-12(18)4/h11-12,16H,5-10H2,1-4H3. The largest absolute Gasteiger partial charge is 0.344 e. The van der Waals surface area contributed by atoms with Crippen LogP contribution in [0.15, 0.2) is 0 Å². The number of nitrogens with zero attached hydrogens (tertiary/aromatic N) is 2. The fourth-order valence-electron chi connectivity index (χ4n) is 2.44. The lowest BCUT2D eigenvalue weighted by Crippen LogP contribution is -2.40. The average molecular weight is 314 g/mol. The third-order valence-corrected chi connectivity index (χ3v) is 5.89. The van der Waals surface area contributed by atoms with Gasteiger partial charge in [0.25, 0.3) is 0 Å². The molecule has 1 unspecified atom stereocenters. The number of aromatic nitrogens is 1. The highest BCUT2D eigenvalue weighted by Crippen LogP contribution is 2.33. The summed E-state index contributed by atoms with van der Waals surface area (Å²) in [7, 11) is 0. The SMILES string of the molecule is CCCNCc1sc(N2CCSCC2C)nc1C(C)C. The van der Waals surface area contributed by atoms with E-state index in [1.165, 1.54) is 33.6 Å². The second kappa shape index (κ2) is 7.66. The van der Waals surface area contributed by atoms with Crippen molar-refractivity contribution in [1.82, 2.24) is 10.3 Å². The van der Waals surface area contributed by atoms with Gasteiger partial charge in [-0.1, -0.05) is 20.8 Å². The van der Waals surface area contributed by atoms with Crippen LogP contribution in [-0.4, -0.2) is 35.6 Å². The van der Waals surface area contributed by atoms with E-state index in [-0.39, 0.29) is 0 Å². The predicted octanol–water partition coefficient (Wildman–Crippen LogP) is 3.71. The van der Waals surface area contributed by atoms with Gasteiger partial charge in [0.2, 0.25) is 0 Å². The molecule has 0 aromatic carbocycles. The zero-order valence-electron chi connectivity index (χ0n) is 13.1. The van der Waals surface area contributed by atoms with Gasteiger partial charge in [0.15, 0.2) is 5.13 Å². The molecule has 2 heterocycles. The van der Waals surface area contributed by atoms with Crippen molar-refractivity contribution in [3.8, 4) is 0 Å². The Labute approximate surface area is 131 Å². The summed E-state index contributed by atoms with van der Waals surface area (Å²) >= 11 is 3.95. The molecule has 5 heteroatoms. The first-order valence-electron chi connectivity index (χ1n) is 7.68. The number of rotatable bonds is 6. The topological polar surface area (TPSA) is 28.2 Å². The summed E-state index contributed by atoms with van der Waals surface area (Å²) < 4.78 is 0. The lowest BCUT2D eigenvalue weighted by Gasteiger charge is -2.32. The Kier molecular flexibility index (Phi) is 6.18. The van der Waals surface area contributed by atoms with E-state index in [0.29, 0.717) is 12.0 Å². The van der Waals surface area contributed by atoms with Crippen LogP contribution >= 0.6 is 23.1 Å². The van der Waals surface area contributed by atoms with Crippen molar-refractivity contribution in [1.29, 1.82) is 0 Å². The average Bonchev–Trinajstić information content (AvgIpc) is 2.84. The van der Waals surface area contributed by atoms with Crippen LogP contribution in [0.5, 0.6) is 0 Å². The minimum Gasteiger partial charge on any atom is -0.344 e. The summed E-state index contributed by atoms with van der Waals surface area (Å²) in [5.74, 6) is 2.96. The molecule has 0 radical (unpaired) electrons. The van der Waals surface area contributed by atoms with Gasteiger partial charge in [-0.2, -0.15) is 11.8 Å². The molecule has 1 N–H and O–H groups in total. The summed E-state index contributed by atoms with van der Waals surface area (Å²) in [5.41, 5.74) is 1.29. The van der Waals surface area contributed by atoms with Crippen LogP contribution in [0.1, 0.15) is 50.6 Å². The van der Waals surface area contributed by atoms with E-state index in [4.69, 9.17) is 4.98 Å². The molecule has 1 aromatic rings. The molecule has 1 aliphatic heterocycles. The highest BCUT2D eigenvalue weighted by Gasteiger charge is 2.24. The van der Waals surface area contributed by atoms with Crippen LogP contribution in [0.2, 0.25) is 0 Å². The quantitative estimate of drug-likeness (QED) is 0.811. The van der Waals surface area contributed by atoms with Gasteiger partial charge in [-0.15, -0.1) is 11.3 Å². The van der Waals surface area contributed by atoms with Crippen molar-refractivity contribution < 1.29 is 0 Å². The maximum atomic E-state index is 4.96. The third kappa shape index (κ3) is 3.89. The molecular formula is C15H27N3S2. The number of hydrogen-bond acceptors (Lipinski definition) is 5. The van der Waals surface area contributed by atoms with Gasteiger partial charge < -0.3 is 10.2 Å². The number of thiazole rings is 1. The monoisotopic (exact) mass is 313 g/mol. The lowest BCUT2D eigenvalue weighted by molar-refractivity contribution is 0.668. The molecule has 114 valence electrons. The van der Waals surface area contributed by atoms with E-state index in [2.05, 4.69) is 49.7 Å². The maximum Gasteiger partial charge on any atom is 0.186 e. The molecule has 1 atom stereocenters. The third-order valence-electron chi connectivity index (χ3n) is 3.59. The molecule has 3 nitrogen and oxygen atoms in total. The van der Waals surface area contributed by atoms with Crippen LogP contribution in [0.4, 0.5) is 5.13 Å². The second-order valence-corrected chi connectivity index (χ2v) is 7.97. The molecule has 1 aliphatic rings. The summed E-state index contributed by atoms with van der Waals surface area (Å²) in [5, 5.41) is 4.75. The van der Waals surface area contributed by atoms with Crippen LogP contribution in [0.25, 0.3) is 0 Å². The Bertz CT molecular complexity index is 417. The van der Waals surface area contributed by atoms with Crippen LogP contribution in [0.3, 0.4) is 0 Å². The van der Waals surface area contributed by atoms with Gasteiger partial charge in [-0.3, -0.25) is 0 Å². The molecule has 0 saturated carbocycles. The molecule has 1 saturated heterocycles. The van der Waals surface area contributed by atoms with E-state index in [0.717, 1.165) is 19.6 Å². The van der Waals surface area contributed by atoms with E-state index in [1.807, 2.05) is 11.3 Å². The number of anilines is 1. The van der Waals surface area contributed by atoms with E-state index < -0.39 is 0 Å². The second-order valence-electron chi connectivity index (χ2n) is 5.75. The van der Waals surface area contributed by atoms with Crippen LogP contribution < -0.4 is 10.2 Å². The number of thioether (sulfide) groups is 1. The molecule has 0 spiro atoms. The van der Waals surface area contributed by atoms with Gasteiger partial charge in [-0.05, 0) is 25.8 Å². The Morgan fingerprint density at radius 2 is 2.25 bits per heavy atom. The Morgan fingerprint density at radius 3 is 2.90 bits per heavy atom. The van der Waals surface area contributed by atoms with Crippen molar-refractivity contribution in [2.24, 2.45) is 0 Å². The normalized spacial score (nSPS) is 19.9. The molecule has 0 amide bonds. The summed E-state index contributed by atoms with van der Waals surface area (Å²) in [6.45, 7) is 12.2. The van der Waals surface area contributed by atoms with Crippen molar-refractivity contribution in [2.75, 3.05) is 29.5 Å². The molecule has 1 aromatic heterocycles. The zero-order chi connectivity index (χ0) is 14.5. The minimum atomic E-state index is 0.507. The van der Waals surface area contributed by atoms with E-state index in [1.54, 1.807) is 0 Å². The van der Waals surface area contributed by atoms with Gasteiger partial charge in [-0.25, -0.2) is 4.98 Å². The molecule has 2 rings (SSSR count). The highest BCUT2D eigenvalue weighted by molar-refractivity contribution is 7.99. The van der Waals surface area contributed by atoms with Gasteiger partial charge >= 0.3 is 0 Å². The first kappa shape index (κ1) is 16.1. The smallest absolute Gasteiger partial charge is 0.186 e. The maximum absolute atomic E-state index is 4.96. The van der Waals surface area contributed by atoms with Crippen molar-refractivity contribution in [3.63, 3.8) is 0 Å². The Balaban J connectivity index is 2.15. The fraction of sp³-hybridized carbons (Fsp3) is 0.800. The summed E-state index contributed by atoms with van der Waals surface area (Å²) in [4.78, 5) is 8.88. The van der Waals surface area contributed by atoms with Gasteiger partial charge in [0.05, 0.1) is 5.69 Å². The molecule has 0 aliphatic carbocycles. The predicted molar refractivity (Wildman–Crippen MR) is 92.3 cm³/mol. The fourth-order valence-corrected chi connectivity index (χ4v) is 4.77. The van der Waals surface area contributed by atoms with Crippen molar-refractivity contribution >= 4 is 28.2 Å². The molecular weight excluding hydrogens is 286 g/mol. The number of nitrogens with one attached hydrogen (secondary N) is 1. The minimum absolute atomic E-state index is 0.507. The highest BCUT2D eigenvalue weighted by atomic mass is 32.2. The first-order valence-corrected chi connectivity index (χ1v) is 9.65. The Morgan fingerprint density at radius 1 is 1.45 bits per heavy atom. The summed E-state index contributed by atoms with van der Waals surface area (Å²) in [6.07, 6.45) is 1.18. The lowest BCUT2D eigenvalue weighted by atomic mass is 10.1. The van der Waals surface area contributed by atoms with Crippen LogP contribution in [-0.2, 0) is 6.54 Å². The Hall–Kier alpha value is -0.260. The molecule has 0 bridgehead atoms. The van der Waals surface area contributed by atoms with E-state index in [9.17, 15) is 0 Å². The van der Waals surface area contributed by atoms with Gasteiger partial charge in [0, 0.05) is 35.5 Å².